The third kappa shape index (κ3) is 6.13. The fourth-order valence-corrected chi connectivity index (χ4v) is 2.60. The van der Waals surface area contributed by atoms with E-state index in [1.807, 2.05) is 6.92 Å². The quantitative estimate of drug-likeness (QED) is 0.837. The summed E-state index contributed by atoms with van der Waals surface area (Å²) in [5, 5.41) is 0. The van der Waals surface area contributed by atoms with Crippen molar-refractivity contribution >= 4 is 10.1 Å². The van der Waals surface area contributed by atoms with Crippen molar-refractivity contribution in [3.63, 3.8) is 0 Å². The average Bonchev–Trinajstić information content (AvgIpc) is 2.85. The van der Waals surface area contributed by atoms with E-state index < -0.39 is 10.1 Å². The van der Waals surface area contributed by atoms with Gasteiger partial charge in [-0.05, 0) is 45.2 Å². The standard InChI is InChI=1S/C8H17NO.C7H8O3S/c1-3-7(9)8-5-4-6(2)10-8;1-6-2-4-7(5-3-6)11(8,9)10/h6-8H,3-5,9H2,1-2H3;2-5H,1H3,(H,8,9,10). The van der Waals surface area contributed by atoms with Crippen LogP contribution >= 0.6 is 0 Å². The summed E-state index contributed by atoms with van der Waals surface area (Å²) in [6.07, 6.45) is 4.12. The number of rotatable bonds is 3. The summed E-state index contributed by atoms with van der Waals surface area (Å²) in [5.74, 6) is 0. The van der Waals surface area contributed by atoms with E-state index in [9.17, 15) is 8.42 Å². The van der Waals surface area contributed by atoms with Gasteiger partial charge in [0.15, 0.2) is 0 Å². The first kappa shape index (κ1) is 18.1. The third-order valence-corrected chi connectivity index (χ3v) is 4.40. The summed E-state index contributed by atoms with van der Waals surface area (Å²) in [5.41, 5.74) is 6.77. The molecule has 2 rings (SSSR count). The van der Waals surface area contributed by atoms with Crippen molar-refractivity contribution in [2.75, 3.05) is 0 Å². The molecule has 0 aliphatic carbocycles. The minimum absolute atomic E-state index is 0.0666. The molecule has 1 aromatic rings. The van der Waals surface area contributed by atoms with Gasteiger partial charge >= 0.3 is 0 Å². The first-order chi connectivity index (χ1) is 9.74. The van der Waals surface area contributed by atoms with E-state index in [0.29, 0.717) is 12.2 Å². The fourth-order valence-electron chi connectivity index (χ4n) is 2.12. The fraction of sp³-hybridized carbons (Fsp3) is 0.600. The van der Waals surface area contributed by atoms with Gasteiger partial charge in [0.2, 0.25) is 0 Å². The molecule has 3 atom stereocenters. The molecule has 1 aliphatic heterocycles. The molecule has 0 aromatic heterocycles. The van der Waals surface area contributed by atoms with E-state index in [-0.39, 0.29) is 10.9 Å². The maximum atomic E-state index is 10.5. The van der Waals surface area contributed by atoms with Crippen molar-refractivity contribution in [2.45, 2.75) is 63.2 Å². The van der Waals surface area contributed by atoms with Crippen LogP contribution in [0.3, 0.4) is 0 Å². The summed E-state index contributed by atoms with van der Waals surface area (Å²) < 4.78 is 35.1. The molecule has 1 aliphatic rings. The molecule has 0 amide bonds. The highest BCUT2D eigenvalue weighted by molar-refractivity contribution is 7.85. The van der Waals surface area contributed by atoms with Crippen molar-refractivity contribution in [1.82, 2.24) is 0 Å². The third-order valence-electron chi connectivity index (χ3n) is 3.53. The molecule has 21 heavy (non-hydrogen) atoms. The van der Waals surface area contributed by atoms with Crippen LogP contribution in [0.4, 0.5) is 0 Å². The summed E-state index contributed by atoms with van der Waals surface area (Å²) in [4.78, 5) is -0.0666. The molecule has 1 heterocycles. The number of ether oxygens (including phenoxy) is 1. The lowest BCUT2D eigenvalue weighted by Gasteiger charge is -2.17. The lowest BCUT2D eigenvalue weighted by Crippen LogP contribution is -2.33. The van der Waals surface area contributed by atoms with Crippen LogP contribution < -0.4 is 5.73 Å². The molecule has 0 radical (unpaired) electrons. The van der Waals surface area contributed by atoms with Gasteiger partial charge in [-0.2, -0.15) is 8.42 Å². The van der Waals surface area contributed by atoms with E-state index in [1.54, 1.807) is 12.1 Å². The summed E-state index contributed by atoms with van der Waals surface area (Å²) in [6.45, 7) is 6.06. The first-order valence-corrected chi connectivity index (χ1v) is 8.63. The Bertz CT molecular complexity index is 527. The molecule has 0 saturated carbocycles. The Morgan fingerprint density at radius 3 is 2.29 bits per heavy atom. The van der Waals surface area contributed by atoms with Crippen LogP contribution in [0.2, 0.25) is 0 Å². The molecule has 0 spiro atoms. The van der Waals surface area contributed by atoms with Crippen LogP contribution in [-0.4, -0.2) is 31.2 Å². The minimum atomic E-state index is -4.02. The van der Waals surface area contributed by atoms with E-state index in [1.165, 1.54) is 18.6 Å². The molecule has 6 heteroatoms. The highest BCUT2D eigenvalue weighted by Crippen LogP contribution is 2.21. The predicted octanol–water partition coefficient (Wildman–Crippen LogP) is 2.53. The number of hydrogen-bond donors (Lipinski definition) is 2. The van der Waals surface area contributed by atoms with Gasteiger partial charge in [-0.3, -0.25) is 4.55 Å². The molecule has 1 aromatic carbocycles. The zero-order valence-electron chi connectivity index (χ0n) is 12.8. The summed E-state index contributed by atoms with van der Waals surface area (Å²) in [7, 11) is -4.02. The summed E-state index contributed by atoms with van der Waals surface area (Å²) in [6, 6.07) is 6.24. The van der Waals surface area contributed by atoms with E-state index in [2.05, 4.69) is 13.8 Å². The van der Waals surface area contributed by atoms with E-state index >= 15 is 0 Å². The van der Waals surface area contributed by atoms with Crippen LogP contribution in [0, 0.1) is 6.92 Å². The normalized spacial score (nSPS) is 23.3. The largest absolute Gasteiger partial charge is 0.374 e. The second kappa shape index (κ2) is 7.89. The molecule has 0 bridgehead atoms. The lowest BCUT2D eigenvalue weighted by atomic mass is 10.1. The van der Waals surface area contributed by atoms with Crippen LogP contribution in [0.1, 0.15) is 38.7 Å². The number of hydrogen-bond acceptors (Lipinski definition) is 4. The van der Waals surface area contributed by atoms with Crippen LogP contribution in [-0.2, 0) is 14.9 Å². The smallest absolute Gasteiger partial charge is 0.294 e. The Hall–Kier alpha value is -0.950. The van der Waals surface area contributed by atoms with Gasteiger partial charge in [0.05, 0.1) is 17.1 Å². The first-order valence-electron chi connectivity index (χ1n) is 7.19. The second-order valence-corrected chi connectivity index (χ2v) is 6.84. The topological polar surface area (TPSA) is 89.6 Å². The van der Waals surface area contributed by atoms with E-state index in [4.69, 9.17) is 15.0 Å². The number of nitrogens with two attached hydrogens (primary N) is 1. The minimum Gasteiger partial charge on any atom is -0.374 e. The van der Waals surface area contributed by atoms with Crippen LogP contribution in [0.25, 0.3) is 0 Å². The molecule has 3 unspecified atom stereocenters. The van der Waals surface area contributed by atoms with Crippen molar-refractivity contribution in [2.24, 2.45) is 5.73 Å². The highest BCUT2D eigenvalue weighted by Gasteiger charge is 2.25. The lowest BCUT2D eigenvalue weighted by molar-refractivity contribution is 0.0397. The zero-order valence-corrected chi connectivity index (χ0v) is 13.6. The monoisotopic (exact) mass is 315 g/mol. The number of aryl methyl sites for hydroxylation is 1. The van der Waals surface area contributed by atoms with Crippen molar-refractivity contribution in [3.05, 3.63) is 29.8 Å². The zero-order chi connectivity index (χ0) is 16.0. The maximum absolute atomic E-state index is 10.5. The molecule has 1 fully saturated rings. The number of benzene rings is 1. The Morgan fingerprint density at radius 1 is 1.33 bits per heavy atom. The van der Waals surface area contributed by atoms with Gasteiger partial charge in [-0.25, -0.2) is 0 Å². The molecule has 1 saturated heterocycles. The second-order valence-electron chi connectivity index (χ2n) is 5.42. The average molecular weight is 315 g/mol. The Morgan fingerprint density at radius 2 is 1.90 bits per heavy atom. The molecule has 120 valence electrons. The van der Waals surface area contributed by atoms with Gasteiger partial charge in [0.1, 0.15) is 0 Å². The molecule has 3 N–H and O–H groups in total. The van der Waals surface area contributed by atoms with Crippen LogP contribution in [0.5, 0.6) is 0 Å². The van der Waals surface area contributed by atoms with Crippen molar-refractivity contribution in [3.8, 4) is 0 Å². The predicted molar refractivity (Wildman–Crippen MR) is 82.8 cm³/mol. The van der Waals surface area contributed by atoms with E-state index in [0.717, 1.165) is 18.4 Å². The van der Waals surface area contributed by atoms with Gasteiger partial charge < -0.3 is 10.5 Å². The SMILES string of the molecule is CCC(N)C1CCC(C)O1.Cc1ccc(S(=O)(=O)O)cc1. The Balaban J connectivity index is 0.000000211. The van der Waals surface area contributed by atoms with Gasteiger partial charge in [0, 0.05) is 6.04 Å². The summed E-state index contributed by atoms with van der Waals surface area (Å²) >= 11 is 0. The molecular formula is C15H25NO4S. The van der Waals surface area contributed by atoms with Crippen molar-refractivity contribution < 1.29 is 17.7 Å². The Kier molecular flexibility index (Phi) is 6.80. The van der Waals surface area contributed by atoms with Crippen molar-refractivity contribution in [1.29, 1.82) is 0 Å². The van der Waals surface area contributed by atoms with Gasteiger partial charge in [-0.1, -0.05) is 24.6 Å². The molecule has 5 nitrogen and oxygen atoms in total. The Labute approximate surface area is 127 Å². The van der Waals surface area contributed by atoms with Gasteiger partial charge in [-0.15, -0.1) is 0 Å². The van der Waals surface area contributed by atoms with Crippen LogP contribution in [0.15, 0.2) is 29.2 Å². The maximum Gasteiger partial charge on any atom is 0.294 e. The highest BCUT2D eigenvalue weighted by atomic mass is 32.2. The molecular weight excluding hydrogens is 290 g/mol. The van der Waals surface area contributed by atoms with Gasteiger partial charge in [0.25, 0.3) is 10.1 Å².